The van der Waals surface area contributed by atoms with Gasteiger partial charge in [0.25, 0.3) is 0 Å². The first-order valence-electron chi connectivity index (χ1n) is 5.05. The van der Waals surface area contributed by atoms with Crippen LogP contribution >= 0.6 is 0 Å². The summed E-state index contributed by atoms with van der Waals surface area (Å²) < 4.78 is 0. The van der Waals surface area contributed by atoms with Crippen molar-refractivity contribution in [3.8, 4) is 0 Å². The van der Waals surface area contributed by atoms with Crippen molar-refractivity contribution >= 4 is 0 Å². The average Bonchev–Trinajstić information content (AvgIpc) is 2.36. The molecule has 0 aliphatic heterocycles. The van der Waals surface area contributed by atoms with E-state index in [1.807, 2.05) is 0 Å². The Balaban J connectivity index is 2.30. The predicted molar refractivity (Wildman–Crippen MR) is 51.1 cm³/mol. The third-order valence-electron chi connectivity index (χ3n) is 2.96. The van der Waals surface area contributed by atoms with E-state index in [9.17, 15) is 5.11 Å². The minimum atomic E-state index is -0.105. The van der Waals surface area contributed by atoms with Crippen LogP contribution < -0.4 is 5.32 Å². The molecule has 1 rings (SSSR count). The number of rotatable bonds is 3. The summed E-state index contributed by atoms with van der Waals surface area (Å²) in [5.74, 6) is 0.651. The molecule has 0 aromatic heterocycles. The Labute approximate surface area is 75.4 Å². The molecule has 2 N–H and O–H groups in total. The van der Waals surface area contributed by atoms with Crippen molar-refractivity contribution in [3.05, 3.63) is 0 Å². The molecule has 12 heavy (non-hydrogen) atoms. The van der Waals surface area contributed by atoms with E-state index in [0.717, 1.165) is 12.8 Å². The third-order valence-corrected chi connectivity index (χ3v) is 2.96. The fraction of sp³-hybridized carbons (Fsp3) is 1.00. The summed E-state index contributed by atoms with van der Waals surface area (Å²) >= 11 is 0. The van der Waals surface area contributed by atoms with Crippen molar-refractivity contribution in [1.82, 2.24) is 5.32 Å². The van der Waals surface area contributed by atoms with Gasteiger partial charge in [0.05, 0.1) is 6.10 Å². The maximum Gasteiger partial charge on any atom is 0.0693 e. The molecule has 72 valence electrons. The van der Waals surface area contributed by atoms with Crippen molar-refractivity contribution in [1.29, 1.82) is 0 Å². The third kappa shape index (κ3) is 2.46. The SMILES string of the molecule is CC(C)C(C)N[C@H]1CCC[C@@H]1O. The van der Waals surface area contributed by atoms with E-state index >= 15 is 0 Å². The van der Waals surface area contributed by atoms with E-state index in [0.29, 0.717) is 18.0 Å². The summed E-state index contributed by atoms with van der Waals surface area (Å²) in [7, 11) is 0. The summed E-state index contributed by atoms with van der Waals surface area (Å²) in [6.45, 7) is 6.60. The van der Waals surface area contributed by atoms with Crippen LogP contribution in [0.2, 0.25) is 0 Å². The Morgan fingerprint density at radius 2 is 1.92 bits per heavy atom. The van der Waals surface area contributed by atoms with Crippen LogP contribution in [-0.2, 0) is 0 Å². The number of hydrogen-bond donors (Lipinski definition) is 2. The molecule has 0 saturated heterocycles. The molecule has 1 unspecified atom stereocenters. The number of hydrogen-bond acceptors (Lipinski definition) is 2. The predicted octanol–water partition coefficient (Wildman–Crippen LogP) is 1.53. The molecule has 0 aromatic rings. The Morgan fingerprint density at radius 3 is 2.33 bits per heavy atom. The monoisotopic (exact) mass is 171 g/mol. The first kappa shape index (κ1) is 10.0. The summed E-state index contributed by atoms with van der Waals surface area (Å²) in [4.78, 5) is 0. The Hall–Kier alpha value is -0.0800. The van der Waals surface area contributed by atoms with Crippen molar-refractivity contribution in [3.63, 3.8) is 0 Å². The summed E-state index contributed by atoms with van der Waals surface area (Å²) in [6.07, 6.45) is 3.18. The van der Waals surface area contributed by atoms with Crippen LogP contribution in [0.3, 0.4) is 0 Å². The second-order valence-electron chi connectivity index (χ2n) is 4.30. The van der Waals surface area contributed by atoms with Crippen LogP contribution in [0.5, 0.6) is 0 Å². The normalized spacial score (nSPS) is 32.8. The van der Waals surface area contributed by atoms with E-state index < -0.39 is 0 Å². The first-order chi connectivity index (χ1) is 5.61. The molecule has 3 atom stereocenters. The van der Waals surface area contributed by atoms with Gasteiger partial charge in [-0.1, -0.05) is 13.8 Å². The zero-order valence-corrected chi connectivity index (χ0v) is 8.38. The summed E-state index contributed by atoms with van der Waals surface area (Å²) in [6, 6.07) is 0.866. The molecule has 0 aromatic carbocycles. The zero-order chi connectivity index (χ0) is 9.14. The fourth-order valence-corrected chi connectivity index (χ4v) is 1.67. The number of aliphatic hydroxyl groups excluding tert-OH is 1. The van der Waals surface area contributed by atoms with Crippen molar-refractivity contribution in [2.24, 2.45) is 5.92 Å². The molecule has 1 aliphatic carbocycles. The van der Waals surface area contributed by atoms with Crippen LogP contribution in [0.15, 0.2) is 0 Å². The average molecular weight is 171 g/mol. The van der Waals surface area contributed by atoms with Gasteiger partial charge >= 0.3 is 0 Å². The summed E-state index contributed by atoms with van der Waals surface area (Å²) in [5, 5.41) is 13.0. The number of aliphatic hydroxyl groups is 1. The van der Waals surface area contributed by atoms with Crippen LogP contribution in [0.4, 0.5) is 0 Å². The molecule has 2 heteroatoms. The highest BCUT2D eigenvalue weighted by molar-refractivity contribution is 4.84. The maximum atomic E-state index is 9.56. The minimum absolute atomic E-state index is 0.105. The van der Waals surface area contributed by atoms with Gasteiger partial charge in [-0.2, -0.15) is 0 Å². The van der Waals surface area contributed by atoms with E-state index in [-0.39, 0.29) is 6.10 Å². The van der Waals surface area contributed by atoms with Gasteiger partial charge in [0.2, 0.25) is 0 Å². The summed E-state index contributed by atoms with van der Waals surface area (Å²) in [5.41, 5.74) is 0. The maximum absolute atomic E-state index is 9.56. The van der Waals surface area contributed by atoms with Gasteiger partial charge in [-0.05, 0) is 32.1 Å². The van der Waals surface area contributed by atoms with Gasteiger partial charge < -0.3 is 10.4 Å². The van der Waals surface area contributed by atoms with Crippen molar-refractivity contribution < 1.29 is 5.11 Å². The van der Waals surface area contributed by atoms with Crippen LogP contribution in [0.25, 0.3) is 0 Å². The quantitative estimate of drug-likeness (QED) is 0.675. The highest BCUT2D eigenvalue weighted by Gasteiger charge is 2.26. The molecule has 0 radical (unpaired) electrons. The largest absolute Gasteiger partial charge is 0.392 e. The molecular formula is C10H21NO. The lowest BCUT2D eigenvalue weighted by Gasteiger charge is -2.24. The Bertz CT molecular complexity index is 136. The lowest BCUT2D eigenvalue weighted by molar-refractivity contribution is 0.140. The second kappa shape index (κ2) is 4.24. The molecule has 1 aliphatic rings. The minimum Gasteiger partial charge on any atom is -0.392 e. The van der Waals surface area contributed by atoms with Crippen LogP contribution in [-0.4, -0.2) is 23.3 Å². The molecule has 1 saturated carbocycles. The van der Waals surface area contributed by atoms with E-state index in [1.54, 1.807) is 0 Å². The van der Waals surface area contributed by atoms with Crippen LogP contribution in [0, 0.1) is 5.92 Å². The molecule has 0 amide bonds. The molecular weight excluding hydrogens is 150 g/mol. The molecule has 0 spiro atoms. The lowest BCUT2D eigenvalue weighted by Crippen LogP contribution is -2.43. The van der Waals surface area contributed by atoms with E-state index in [1.165, 1.54) is 6.42 Å². The number of nitrogens with one attached hydrogen (secondary N) is 1. The van der Waals surface area contributed by atoms with Gasteiger partial charge in [0.15, 0.2) is 0 Å². The Kier molecular flexibility index (Phi) is 3.53. The van der Waals surface area contributed by atoms with Gasteiger partial charge in [-0.15, -0.1) is 0 Å². The van der Waals surface area contributed by atoms with Gasteiger partial charge in [-0.3, -0.25) is 0 Å². The van der Waals surface area contributed by atoms with Gasteiger partial charge in [0, 0.05) is 12.1 Å². The van der Waals surface area contributed by atoms with Crippen molar-refractivity contribution in [2.45, 2.75) is 58.2 Å². The fourth-order valence-electron chi connectivity index (χ4n) is 1.67. The molecule has 0 bridgehead atoms. The molecule has 1 fully saturated rings. The smallest absolute Gasteiger partial charge is 0.0693 e. The highest BCUT2D eigenvalue weighted by Crippen LogP contribution is 2.20. The van der Waals surface area contributed by atoms with Crippen molar-refractivity contribution in [2.75, 3.05) is 0 Å². The molecule has 2 nitrogen and oxygen atoms in total. The Morgan fingerprint density at radius 1 is 1.25 bits per heavy atom. The van der Waals surface area contributed by atoms with Gasteiger partial charge in [-0.25, -0.2) is 0 Å². The van der Waals surface area contributed by atoms with E-state index in [2.05, 4.69) is 26.1 Å². The van der Waals surface area contributed by atoms with E-state index in [4.69, 9.17) is 0 Å². The zero-order valence-electron chi connectivity index (χ0n) is 8.38. The van der Waals surface area contributed by atoms with Crippen LogP contribution in [0.1, 0.15) is 40.0 Å². The van der Waals surface area contributed by atoms with Gasteiger partial charge in [0.1, 0.15) is 0 Å². The lowest BCUT2D eigenvalue weighted by atomic mass is 10.0. The highest BCUT2D eigenvalue weighted by atomic mass is 16.3. The topological polar surface area (TPSA) is 32.3 Å². The second-order valence-corrected chi connectivity index (χ2v) is 4.30. The molecule has 0 heterocycles. The first-order valence-corrected chi connectivity index (χ1v) is 5.05. The standard InChI is InChI=1S/C10H21NO/c1-7(2)8(3)11-9-5-4-6-10(9)12/h7-12H,4-6H2,1-3H3/t8?,9-,10-/m0/s1.